The fourth-order valence-corrected chi connectivity index (χ4v) is 1.84. The van der Waals surface area contributed by atoms with Crippen molar-refractivity contribution in [2.24, 2.45) is 0 Å². The lowest BCUT2D eigenvalue weighted by Crippen LogP contribution is -2.00. The van der Waals surface area contributed by atoms with E-state index in [9.17, 15) is 0 Å². The smallest absolute Gasteiger partial charge is 0.165 e. The van der Waals surface area contributed by atoms with Crippen LogP contribution in [0.2, 0.25) is 0 Å². The van der Waals surface area contributed by atoms with E-state index in [0.29, 0.717) is 13.2 Å². The summed E-state index contributed by atoms with van der Waals surface area (Å²) in [6.45, 7) is 5.31. The molecule has 78 valence electrons. The summed E-state index contributed by atoms with van der Waals surface area (Å²) >= 11 is 2.33. The third-order valence-corrected chi connectivity index (χ3v) is 2.61. The minimum absolute atomic E-state index is 0.671. The standard InChI is InChI=1S/C11H15IO2/c1-3-13-10-7-5-6-9(8-12)11(10)14-4-2/h5-7H,3-4,8H2,1-2H3. The molecule has 14 heavy (non-hydrogen) atoms. The second-order valence-corrected chi connectivity index (χ2v) is 3.51. The molecule has 0 heterocycles. The van der Waals surface area contributed by atoms with Crippen LogP contribution in [0.3, 0.4) is 0 Å². The van der Waals surface area contributed by atoms with E-state index >= 15 is 0 Å². The predicted octanol–water partition coefficient (Wildman–Crippen LogP) is 3.42. The number of rotatable bonds is 5. The zero-order valence-electron chi connectivity index (χ0n) is 8.55. The topological polar surface area (TPSA) is 18.5 Å². The quantitative estimate of drug-likeness (QED) is 0.613. The van der Waals surface area contributed by atoms with Gasteiger partial charge in [0.15, 0.2) is 11.5 Å². The Bertz CT molecular complexity index is 287. The van der Waals surface area contributed by atoms with Gasteiger partial charge < -0.3 is 9.47 Å². The van der Waals surface area contributed by atoms with Crippen LogP contribution < -0.4 is 9.47 Å². The molecule has 0 saturated heterocycles. The molecule has 0 aromatic heterocycles. The summed E-state index contributed by atoms with van der Waals surface area (Å²) in [5.74, 6) is 1.75. The number of hydrogen-bond donors (Lipinski definition) is 0. The Labute approximate surface area is 98.7 Å². The van der Waals surface area contributed by atoms with Gasteiger partial charge in [-0.25, -0.2) is 0 Å². The Morgan fingerprint density at radius 3 is 2.43 bits per heavy atom. The van der Waals surface area contributed by atoms with Crippen LogP contribution in [0.5, 0.6) is 11.5 Å². The maximum atomic E-state index is 5.58. The first-order chi connectivity index (χ1) is 6.83. The predicted molar refractivity (Wildman–Crippen MR) is 66.5 cm³/mol. The fourth-order valence-electron chi connectivity index (χ4n) is 1.24. The van der Waals surface area contributed by atoms with E-state index in [1.54, 1.807) is 0 Å². The molecule has 0 aliphatic heterocycles. The van der Waals surface area contributed by atoms with Crippen molar-refractivity contribution in [3.8, 4) is 11.5 Å². The Hall–Kier alpha value is -0.450. The third kappa shape index (κ3) is 2.77. The van der Waals surface area contributed by atoms with Crippen molar-refractivity contribution in [1.29, 1.82) is 0 Å². The van der Waals surface area contributed by atoms with Gasteiger partial charge in [0.05, 0.1) is 13.2 Å². The molecule has 0 amide bonds. The summed E-state index contributed by atoms with van der Waals surface area (Å²) in [6, 6.07) is 6.02. The molecule has 3 heteroatoms. The largest absolute Gasteiger partial charge is 0.490 e. The fraction of sp³-hybridized carbons (Fsp3) is 0.455. The lowest BCUT2D eigenvalue weighted by molar-refractivity contribution is 0.286. The van der Waals surface area contributed by atoms with Crippen molar-refractivity contribution in [2.45, 2.75) is 18.3 Å². The van der Waals surface area contributed by atoms with Gasteiger partial charge in [-0.3, -0.25) is 0 Å². The van der Waals surface area contributed by atoms with Gasteiger partial charge in [0.2, 0.25) is 0 Å². The molecular weight excluding hydrogens is 291 g/mol. The van der Waals surface area contributed by atoms with Crippen molar-refractivity contribution < 1.29 is 9.47 Å². The van der Waals surface area contributed by atoms with Crippen molar-refractivity contribution in [2.75, 3.05) is 13.2 Å². The SMILES string of the molecule is CCOc1cccc(CI)c1OCC. The van der Waals surface area contributed by atoms with Crippen LogP contribution in [0.1, 0.15) is 19.4 Å². The van der Waals surface area contributed by atoms with Gasteiger partial charge in [0.25, 0.3) is 0 Å². The zero-order chi connectivity index (χ0) is 10.4. The van der Waals surface area contributed by atoms with Crippen molar-refractivity contribution in [3.63, 3.8) is 0 Å². The first-order valence-corrected chi connectivity index (χ1v) is 6.29. The molecule has 0 bridgehead atoms. The molecule has 0 unspecified atom stereocenters. The minimum atomic E-state index is 0.671. The second-order valence-electron chi connectivity index (χ2n) is 2.74. The van der Waals surface area contributed by atoms with Crippen molar-refractivity contribution in [3.05, 3.63) is 23.8 Å². The Morgan fingerprint density at radius 2 is 1.86 bits per heavy atom. The lowest BCUT2D eigenvalue weighted by Gasteiger charge is -2.13. The molecular formula is C11H15IO2. The number of para-hydroxylation sites is 1. The molecule has 0 radical (unpaired) electrons. The number of alkyl halides is 1. The molecule has 0 aliphatic rings. The summed E-state index contributed by atoms with van der Waals surface area (Å²) in [6.07, 6.45) is 0. The normalized spacial score (nSPS) is 9.93. The number of hydrogen-bond acceptors (Lipinski definition) is 2. The summed E-state index contributed by atoms with van der Waals surface area (Å²) in [5.41, 5.74) is 1.19. The van der Waals surface area contributed by atoms with E-state index in [4.69, 9.17) is 9.47 Å². The molecule has 1 rings (SSSR count). The van der Waals surface area contributed by atoms with Gasteiger partial charge in [-0.15, -0.1) is 0 Å². The molecule has 0 spiro atoms. The van der Waals surface area contributed by atoms with Gasteiger partial charge >= 0.3 is 0 Å². The van der Waals surface area contributed by atoms with Crippen LogP contribution >= 0.6 is 22.6 Å². The zero-order valence-corrected chi connectivity index (χ0v) is 10.7. The highest BCUT2D eigenvalue weighted by Gasteiger charge is 2.08. The second kappa shape index (κ2) is 6.11. The maximum absolute atomic E-state index is 5.58. The highest BCUT2D eigenvalue weighted by Crippen LogP contribution is 2.32. The summed E-state index contributed by atoms with van der Waals surface area (Å²) in [7, 11) is 0. The monoisotopic (exact) mass is 306 g/mol. The molecule has 0 saturated carbocycles. The first kappa shape index (κ1) is 11.6. The summed E-state index contributed by atoms with van der Waals surface area (Å²) in [4.78, 5) is 0. The van der Waals surface area contributed by atoms with E-state index in [1.165, 1.54) is 5.56 Å². The van der Waals surface area contributed by atoms with Crippen LogP contribution in [0.25, 0.3) is 0 Å². The van der Waals surface area contributed by atoms with E-state index in [-0.39, 0.29) is 0 Å². The van der Waals surface area contributed by atoms with Gasteiger partial charge in [0, 0.05) is 9.99 Å². The van der Waals surface area contributed by atoms with Gasteiger partial charge in [-0.1, -0.05) is 34.7 Å². The van der Waals surface area contributed by atoms with Crippen LogP contribution in [0, 0.1) is 0 Å². The molecule has 0 N–H and O–H groups in total. The highest BCUT2D eigenvalue weighted by atomic mass is 127. The van der Waals surface area contributed by atoms with Crippen molar-refractivity contribution in [1.82, 2.24) is 0 Å². The van der Waals surface area contributed by atoms with Gasteiger partial charge in [0.1, 0.15) is 0 Å². The number of benzene rings is 1. The molecule has 0 fully saturated rings. The number of ether oxygens (including phenoxy) is 2. The highest BCUT2D eigenvalue weighted by molar-refractivity contribution is 14.1. The average Bonchev–Trinajstić information content (AvgIpc) is 2.21. The summed E-state index contributed by atoms with van der Waals surface area (Å²) < 4.78 is 12.0. The molecule has 1 aromatic rings. The molecule has 0 aliphatic carbocycles. The van der Waals surface area contributed by atoms with Crippen LogP contribution in [-0.4, -0.2) is 13.2 Å². The average molecular weight is 306 g/mol. The van der Waals surface area contributed by atoms with Crippen molar-refractivity contribution >= 4 is 22.6 Å². The minimum Gasteiger partial charge on any atom is -0.490 e. The molecule has 0 atom stereocenters. The van der Waals surface area contributed by atoms with E-state index in [2.05, 4.69) is 28.7 Å². The Morgan fingerprint density at radius 1 is 1.14 bits per heavy atom. The Balaban J connectivity index is 3.00. The van der Waals surface area contributed by atoms with E-state index < -0.39 is 0 Å². The molecule has 1 aromatic carbocycles. The lowest BCUT2D eigenvalue weighted by atomic mass is 10.2. The first-order valence-electron chi connectivity index (χ1n) is 4.76. The molecule has 2 nitrogen and oxygen atoms in total. The van der Waals surface area contributed by atoms with E-state index in [1.807, 2.05) is 26.0 Å². The van der Waals surface area contributed by atoms with Crippen LogP contribution in [-0.2, 0) is 4.43 Å². The third-order valence-electron chi connectivity index (χ3n) is 1.79. The number of halogens is 1. The summed E-state index contributed by atoms with van der Waals surface area (Å²) in [5, 5.41) is 0. The Kier molecular flexibility index (Phi) is 5.07. The van der Waals surface area contributed by atoms with E-state index in [0.717, 1.165) is 15.9 Å². The maximum Gasteiger partial charge on any atom is 0.165 e. The van der Waals surface area contributed by atoms with Crippen LogP contribution in [0.4, 0.5) is 0 Å². The van der Waals surface area contributed by atoms with Gasteiger partial charge in [-0.05, 0) is 19.9 Å². The van der Waals surface area contributed by atoms with Gasteiger partial charge in [-0.2, -0.15) is 0 Å². The van der Waals surface area contributed by atoms with Crippen LogP contribution in [0.15, 0.2) is 18.2 Å².